The Balaban J connectivity index is 4.31. The van der Waals surface area contributed by atoms with Gasteiger partial charge in [0.2, 0.25) is 0 Å². The van der Waals surface area contributed by atoms with Crippen LogP contribution in [0.5, 0.6) is 0 Å². The van der Waals surface area contributed by atoms with Crippen LogP contribution in [-0.2, 0) is 54.5 Å². The second-order valence-corrected chi connectivity index (χ2v) is 17.9. The van der Waals surface area contributed by atoms with E-state index < -0.39 is 30.4 Å². The molecule has 1 aromatic heterocycles. The second kappa shape index (κ2) is 16.8. The molecule has 1 aromatic rings. The van der Waals surface area contributed by atoms with Crippen molar-refractivity contribution in [2.45, 2.75) is 55.4 Å². The summed E-state index contributed by atoms with van der Waals surface area (Å²) < 4.78 is 100. The summed E-state index contributed by atoms with van der Waals surface area (Å²) in [5.41, 5.74) is 0. The first-order valence-electron chi connectivity index (χ1n) is 12.4. The Bertz CT molecular complexity index is 969. The van der Waals surface area contributed by atoms with Gasteiger partial charge in [-0.1, -0.05) is 0 Å². The van der Waals surface area contributed by atoms with Crippen molar-refractivity contribution >= 4 is 63.2 Å². The summed E-state index contributed by atoms with van der Waals surface area (Å²) in [6.07, 6.45) is 0. The van der Waals surface area contributed by atoms with Gasteiger partial charge in [-0.05, 0) is 55.4 Å². The van der Waals surface area contributed by atoms with Gasteiger partial charge in [0.25, 0.3) is 0 Å². The number of rotatable bonds is 20. The quantitative estimate of drug-likeness (QED) is 0.133. The first kappa shape index (κ1) is 36.5. The highest BCUT2D eigenvalue weighted by atomic mass is 32.2. The van der Waals surface area contributed by atoms with Crippen molar-refractivity contribution in [3.63, 3.8) is 0 Å². The molecule has 0 atom stereocenters. The fourth-order valence-electron chi connectivity index (χ4n) is 3.10. The Morgan fingerprint density at radius 2 is 0.579 bits per heavy atom. The summed E-state index contributed by atoms with van der Waals surface area (Å²) in [7, 11) is -16.7. The first-order valence-corrected chi connectivity index (χ1v) is 20.2. The maximum atomic E-state index is 13.9. The molecular weight excluding hydrogens is 620 g/mol. The average Bonchev–Trinajstić information content (AvgIpc) is 2.78. The lowest BCUT2D eigenvalue weighted by molar-refractivity contribution is 0.218. The summed E-state index contributed by atoms with van der Waals surface area (Å²) in [5, 5.41) is -0.554. The fourth-order valence-corrected chi connectivity index (χ4v) is 17.0. The highest BCUT2D eigenvalue weighted by Gasteiger charge is 2.49. The van der Waals surface area contributed by atoms with Crippen molar-refractivity contribution in [2.75, 3.05) is 52.9 Å². The third kappa shape index (κ3) is 8.76. The molecule has 0 fully saturated rings. The standard InChI is InChI=1S/C20H40O12P4S2/c1-9-25-33(21,26-10-2)17(34(22,27-11-3)28-12-4)19-37-20(38-19)18(35(23,29-13-5)30-14-6)36(24,31-15-7)32-16-8/h9-16H2,1-8H3. The minimum Gasteiger partial charge on any atom is -0.305 e. The fraction of sp³-hybridized carbons (Fsp3) is 0.800. The molecule has 1 rings (SSSR count). The molecule has 0 N–H and O–H groups in total. The third-order valence-corrected chi connectivity index (χ3v) is 18.6. The summed E-state index contributed by atoms with van der Waals surface area (Å²) in [4.78, 5) is 0. The molecule has 0 aliphatic rings. The number of hydrogen-bond acceptors (Lipinski definition) is 14. The minimum atomic E-state index is -4.18. The van der Waals surface area contributed by atoms with Gasteiger partial charge in [-0.2, -0.15) is 0 Å². The summed E-state index contributed by atoms with van der Waals surface area (Å²) >= 11 is 1.80. The van der Waals surface area contributed by atoms with Gasteiger partial charge in [-0.25, -0.2) is 0 Å². The zero-order chi connectivity index (χ0) is 29.0. The summed E-state index contributed by atoms with van der Waals surface area (Å²) in [6, 6.07) is 0. The minimum absolute atomic E-state index is 0.0106. The summed E-state index contributed by atoms with van der Waals surface area (Å²) in [5.74, 6) is 0. The van der Waals surface area contributed by atoms with E-state index in [0.29, 0.717) is 0 Å². The molecule has 0 aromatic carbocycles. The first-order chi connectivity index (χ1) is 17.9. The van der Waals surface area contributed by atoms with Gasteiger partial charge in [0.1, 0.15) is 7.69 Å². The van der Waals surface area contributed by atoms with Crippen molar-refractivity contribution in [2.24, 2.45) is 0 Å². The highest BCUT2D eigenvalue weighted by molar-refractivity contribution is 7.89. The molecule has 224 valence electrons. The lowest BCUT2D eigenvalue weighted by Crippen LogP contribution is -2.20. The summed E-state index contributed by atoms with van der Waals surface area (Å²) in [6.45, 7) is 12.8. The predicted octanol–water partition coefficient (Wildman–Crippen LogP) is 7.01. The van der Waals surface area contributed by atoms with Crippen LogP contribution in [0.2, 0.25) is 0 Å². The van der Waals surface area contributed by atoms with Crippen molar-refractivity contribution in [1.82, 2.24) is 0 Å². The maximum Gasteiger partial charge on any atom is 0.371 e. The molecule has 38 heavy (non-hydrogen) atoms. The van der Waals surface area contributed by atoms with Gasteiger partial charge < -0.3 is 36.2 Å². The molecular formula is C20H40O12P4S2. The molecule has 12 nitrogen and oxygen atoms in total. The van der Waals surface area contributed by atoms with Crippen LogP contribution in [0.4, 0.5) is 0 Å². The molecule has 0 amide bonds. The van der Waals surface area contributed by atoms with E-state index in [9.17, 15) is 18.3 Å². The third-order valence-electron chi connectivity index (χ3n) is 4.17. The Morgan fingerprint density at radius 1 is 0.421 bits per heavy atom. The highest BCUT2D eigenvalue weighted by Crippen LogP contribution is 2.76. The van der Waals surface area contributed by atoms with E-state index >= 15 is 0 Å². The Labute approximate surface area is 233 Å². The van der Waals surface area contributed by atoms with Crippen LogP contribution in [0.25, 0.3) is 10.1 Å². The van der Waals surface area contributed by atoms with Crippen molar-refractivity contribution in [1.29, 1.82) is 0 Å². The zero-order valence-electron chi connectivity index (χ0n) is 23.2. The molecule has 18 heteroatoms. The SMILES string of the molecule is CCOP(=O)(OCC)C(=c1sc(=C(P(=O)(OCC)OCC)P(=O)(OCC)OCC)s1)P(=O)(OCC)OCC. The largest absolute Gasteiger partial charge is 0.371 e. The van der Waals surface area contributed by atoms with E-state index in [-0.39, 0.29) is 70.7 Å². The van der Waals surface area contributed by atoms with Crippen molar-refractivity contribution in [3.05, 3.63) is 7.69 Å². The van der Waals surface area contributed by atoms with Gasteiger partial charge in [-0.15, -0.1) is 22.7 Å². The maximum absolute atomic E-state index is 13.9. The van der Waals surface area contributed by atoms with E-state index in [1.54, 1.807) is 55.4 Å². The number of hydrogen-bond donors (Lipinski definition) is 0. The monoisotopic (exact) mass is 660 g/mol. The molecule has 0 aliphatic heterocycles. The van der Waals surface area contributed by atoms with Crippen LogP contribution in [0, 0.1) is 0 Å². The zero-order valence-corrected chi connectivity index (χ0v) is 28.4. The van der Waals surface area contributed by atoms with Crippen molar-refractivity contribution in [3.8, 4) is 0 Å². The molecule has 1 heterocycles. The van der Waals surface area contributed by atoms with Crippen molar-refractivity contribution < 1.29 is 54.5 Å². The van der Waals surface area contributed by atoms with Crippen LogP contribution in [0.15, 0.2) is 0 Å². The predicted molar refractivity (Wildman–Crippen MR) is 152 cm³/mol. The van der Waals surface area contributed by atoms with Gasteiger partial charge in [0, 0.05) is 0 Å². The molecule has 0 spiro atoms. The van der Waals surface area contributed by atoms with Crippen LogP contribution >= 0.6 is 53.1 Å². The van der Waals surface area contributed by atoms with E-state index in [4.69, 9.17) is 36.2 Å². The van der Waals surface area contributed by atoms with Crippen LogP contribution in [-0.4, -0.2) is 52.9 Å². The van der Waals surface area contributed by atoms with Gasteiger partial charge in [0.15, 0.2) is 10.1 Å². The van der Waals surface area contributed by atoms with E-state index in [1.807, 2.05) is 0 Å². The molecule has 0 bridgehead atoms. The Hall–Kier alpha value is 0.520. The van der Waals surface area contributed by atoms with Gasteiger partial charge in [-0.3, -0.25) is 18.3 Å². The van der Waals surface area contributed by atoms with Crippen LogP contribution < -0.4 is 7.69 Å². The smallest absolute Gasteiger partial charge is 0.305 e. The molecule has 0 saturated heterocycles. The lowest BCUT2D eigenvalue weighted by atomic mass is 10.9. The lowest BCUT2D eigenvalue weighted by Gasteiger charge is -2.27. The normalized spacial score (nSPS) is 13.3. The Morgan fingerprint density at radius 3 is 0.711 bits per heavy atom. The van der Waals surface area contributed by atoms with Crippen LogP contribution in [0.3, 0.4) is 0 Å². The molecule has 0 saturated carbocycles. The molecule has 0 aliphatic carbocycles. The van der Waals surface area contributed by atoms with Gasteiger partial charge in [0.05, 0.1) is 52.9 Å². The average molecular weight is 661 g/mol. The second-order valence-electron chi connectivity index (χ2n) is 6.76. The molecule has 0 radical (unpaired) electrons. The van der Waals surface area contributed by atoms with Crippen LogP contribution in [0.1, 0.15) is 55.4 Å². The Kier molecular flexibility index (Phi) is 16.2. The van der Waals surface area contributed by atoms with E-state index in [1.165, 1.54) is 0 Å². The topological polar surface area (TPSA) is 142 Å². The molecule has 0 unspecified atom stereocenters. The van der Waals surface area contributed by atoms with E-state index in [0.717, 1.165) is 22.7 Å². The van der Waals surface area contributed by atoms with Gasteiger partial charge >= 0.3 is 30.4 Å². The van der Waals surface area contributed by atoms with E-state index in [2.05, 4.69) is 0 Å².